The lowest BCUT2D eigenvalue weighted by molar-refractivity contribution is 0.418. The maximum absolute atomic E-state index is 13.1. The fraction of sp³-hybridized carbons (Fsp3) is 0.333. The third-order valence-electron chi connectivity index (χ3n) is 2.59. The molecule has 6 heteroatoms. The first-order valence-electron chi connectivity index (χ1n) is 6.52. The van der Waals surface area contributed by atoms with E-state index in [2.05, 4.69) is 52.0 Å². The summed E-state index contributed by atoms with van der Waals surface area (Å²) in [5.74, 6) is 0.531. The molecule has 0 aliphatic heterocycles. The van der Waals surface area contributed by atoms with Crippen LogP contribution in [0.4, 0.5) is 4.39 Å². The lowest BCUT2D eigenvalue weighted by Gasteiger charge is -2.19. The van der Waals surface area contributed by atoms with E-state index >= 15 is 0 Å². The van der Waals surface area contributed by atoms with Gasteiger partial charge in [-0.05, 0) is 54.9 Å². The second-order valence-electron chi connectivity index (χ2n) is 5.63. The molecule has 1 aromatic carbocycles. The number of hydrogen-bond acceptors (Lipinski definition) is 4. The summed E-state index contributed by atoms with van der Waals surface area (Å²) in [5.41, 5.74) is 0.856. The fourth-order valence-corrected chi connectivity index (χ4v) is 1.86. The van der Waals surface area contributed by atoms with Crippen molar-refractivity contribution in [2.24, 2.45) is 0 Å². The summed E-state index contributed by atoms with van der Waals surface area (Å²) in [4.78, 5) is 8.48. The van der Waals surface area contributed by atoms with E-state index in [1.807, 2.05) is 0 Å². The number of aromatic nitrogens is 2. The van der Waals surface area contributed by atoms with E-state index in [1.165, 1.54) is 12.1 Å². The zero-order valence-electron chi connectivity index (χ0n) is 12.2. The van der Waals surface area contributed by atoms with Gasteiger partial charge in [0.05, 0.1) is 22.6 Å². The number of halogens is 2. The summed E-state index contributed by atoms with van der Waals surface area (Å²) in [5, 5.41) is 3.33. The number of rotatable bonds is 4. The van der Waals surface area contributed by atoms with Gasteiger partial charge < -0.3 is 10.1 Å². The van der Waals surface area contributed by atoms with Crippen LogP contribution in [0.1, 0.15) is 26.5 Å². The van der Waals surface area contributed by atoms with E-state index in [1.54, 1.807) is 18.5 Å². The van der Waals surface area contributed by atoms with Gasteiger partial charge in [0.1, 0.15) is 11.6 Å². The van der Waals surface area contributed by atoms with Gasteiger partial charge in [-0.1, -0.05) is 0 Å². The quantitative estimate of drug-likeness (QED) is 0.900. The first-order chi connectivity index (χ1) is 9.83. The SMILES string of the molecule is CC(C)(C)NCc1cnc(Oc2ccc(F)c(Br)c2)cn1. The summed E-state index contributed by atoms with van der Waals surface area (Å²) < 4.78 is 19.0. The van der Waals surface area contributed by atoms with Crippen molar-refractivity contribution in [3.63, 3.8) is 0 Å². The van der Waals surface area contributed by atoms with Crippen LogP contribution in [0.15, 0.2) is 35.1 Å². The lowest BCUT2D eigenvalue weighted by Crippen LogP contribution is -2.35. The van der Waals surface area contributed by atoms with Crippen molar-refractivity contribution in [1.82, 2.24) is 15.3 Å². The molecule has 0 atom stereocenters. The number of hydrogen-bond donors (Lipinski definition) is 1. The fourth-order valence-electron chi connectivity index (χ4n) is 1.50. The smallest absolute Gasteiger partial charge is 0.237 e. The Morgan fingerprint density at radius 2 is 2.00 bits per heavy atom. The summed E-state index contributed by atoms with van der Waals surface area (Å²) >= 11 is 3.11. The molecule has 2 aromatic rings. The van der Waals surface area contributed by atoms with Gasteiger partial charge >= 0.3 is 0 Å². The maximum atomic E-state index is 13.1. The molecule has 0 spiro atoms. The standard InChI is InChI=1S/C15H17BrFN3O/c1-15(2,3)20-8-10-7-19-14(9-18-10)21-11-4-5-13(17)12(16)6-11/h4-7,9,20H,8H2,1-3H3. The van der Waals surface area contributed by atoms with Crippen LogP contribution in [0, 0.1) is 5.82 Å². The van der Waals surface area contributed by atoms with E-state index in [4.69, 9.17) is 4.74 Å². The summed E-state index contributed by atoms with van der Waals surface area (Å²) in [7, 11) is 0. The highest BCUT2D eigenvalue weighted by Crippen LogP contribution is 2.24. The van der Waals surface area contributed by atoms with Crippen molar-refractivity contribution >= 4 is 15.9 Å². The summed E-state index contributed by atoms with van der Waals surface area (Å²) in [6, 6.07) is 4.41. The minimum absolute atomic E-state index is 0.0250. The van der Waals surface area contributed by atoms with Crippen molar-refractivity contribution in [2.45, 2.75) is 32.9 Å². The molecule has 0 aliphatic rings. The molecular formula is C15H17BrFN3O. The number of nitrogens with one attached hydrogen (secondary N) is 1. The van der Waals surface area contributed by atoms with Crippen LogP contribution < -0.4 is 10.1 Å². The topological polar surface area (TPSA) is 47.0 Å². The zero-order chi connectivity index (χ0) is 15.5. The molecule has 112 valence electrons. The third-order valence-corrected chi connectivity index (χ3v) is 3.20. The van der Waals surface area contributed by atoms with E-state index in [-0.39, 0.29) is 11.4 Å². The number of ether oxygens (including phenoxy) is 1. The van der Waals surface area contributed by atoms with Crippen molar-refractivity contribution < 1.29 is 9.13 Å². The number of benzene rings is 1. The highest BCUT2D eigenvalue weighted by Gasteiger charge is 2.09. The largest absolute Gasteiger partial charge is 0.437 e. The number of nitrogens with zero attached hydrogens (tertiary/aromatic N) is 2. The Labute approximate surface area is 131 Å². The molecule has 1 heterocycles. The molecule has 0 amide bonds. The third kappa shape index (κ3) is 5.06. The van der Waals surface area contributed by atoms with Gasteiger partial charge in [-0.3, -0.25) is 4.98 Å². The molecule has 0 aliphatic carbocycles. The normalized spacial score (nSPS) is 11.5. The van der Waals surface area contributed by atoms with Crippen molar-refractivity contribution in [3.05, 3.63) is 46.6 Å². The summed E-state index contributed by atoms with van der Waals surface area (Å²) in [6.07, 6.45) is 3.21. The van der Waals surface area contributed by atoms with Crippen LogP contribution in [0.2, 0.25) is 0 Å². The van der Waals surface area contributed by atoms with Crippen molar-refractivity contribution in [1.29, 1.82) is 0 Å². The average molecular weight is 354 g/mol. The van der Waals surface area contributed by atoms with Crippen LogP contribution in [0.25, 0.3) is 0 Å². The molecule has 1 aromatic heterocycles. The Morgan fingerprint density at radius 3 is 2.57 bits per heavy atom. The predicted molar refractivity (Wildman–Crippen MR) is 82.8 cm³/mol. The van der Waals surface area contributed by atoms with Crippen LogP contribution in [-0.4, -0.2) is 15.5 Å². The highest BCUT2D eigenvalue weighted by atomic mass is 79.9. The molecule has 0 fully saturated rings. The molecular weight excluding hydrogens is 337 g/mol. The summed E-state index contributed by atoms with van der Waals surface area (Å²) in [6.45, 7) is 6.90. The first-order valence-corrected chi connectivity index (χ1v) is 7.32. The minimum atomic E-state index is -0.336. The van der Waals surface area contributed by atoms with Gasteiger partial charge in [-0.25, -0.2) is 9.37 Å². The Kier molecular flexibility index (Phi) is 4.90. The predicted octanol–water partition coefficient (Wildman–Crippen LogP) is 4.06. The second kappa shape index (κ2) is 6.49. The first kappa shape index (κ1) is 15.9. The van der Waals surface area contributed by atoms with Gasteiger partial charge in [-0.2, -0.15) is 0 Å². The molecule has 0 saturated heterocycles. The molecule has 4 nitrogen and oxygen atoms in total. The lowest BCUT2D eigenvalue weighted by atomic mass is 10.1. The molecule has 2 rings (SSSR count). The van der Waals surface area contributed by atoms with Crippen LogP contribution in [0.3, 0.4) is 0 Å². The van der Waals surface area contributed by atoms with Gasteiger partial charge in [0, 0.05) is 12.1 Å². The van der Waals surface area contributed by atoms with Gasteiger partial charge in [-0.15, -0.1) is 0 Å². The van der Waals surface area contributed by atoms with Gasteiger partial charge in [0.15, 0.2) is 0 Å². The van der Waals surface area contributed by atoms with Crippen LogP contribution in [0.5, 0.6) is 11.6 Å². The molecule has 0 unspecified atom stereocenters. The highest BCUT2D eigenvalue weighted by molar-refractivity contribution is 9.10. The Morgan fingerprint density at radius 1 is 1.24 bits per heavy atom. The van der Waals surface area contributed by atoms with Gasteiger partial charge in [0.25, 0.3) is 0 Å². The van der Waals surface area contributed by atoms with Gasteiger partial charge in [0.2, 0.25) is 5.88 Å². The molecule has 1 N–H and O–H groups in total. The minimum Gasteiger partial charge on any atom is -0.437 e. The van der Waals surface area contributed by atoms with E-state index in [0.29, 0.717) is 22.6 Å². The molecule has 0 saturated carbocycles. The van der Waals surface area contributed by atoms with E-state index in [0.717, 1.165) is 5.69 Å². The van der Waals surface area contributed by atoms with E-state index < -0.39 is 0 Å². The zero-order valence-corrected chi connectivity index (χ0v) is 13.7. The second-order valence-corrected chi connectivity index (χ2v) is 6.48. The average Bonchev–Trinajstić information content (AvgIpc) is 2.41. The molecule has 0 radical (unpaired) electrons. The van der Waals surface area contributed by atoms with Crippen LogP contribution in [-0.2, 0) is 6.54 Å². The molecule has 0 bridgehead atoms. The van der Waals surface area contributed by atoms with E-state index in [9.17, 15) is 4.39 Å². The van der Waals surface area contributed by atoms with Crippen molar-refractivity contribution in [2.75, 3.05) is 0 Å². The Hall–Kier alpha value is -1.53. The Balaban J connectivity index is 2.00. The maximum Gasteiger partial charge on any atom is 0.237 e. The van der Waals surface area contributed by atoms with Crippen LogP contribution >= 0.6 is 15.9 Å². The molecule has 21 heavy (non-hydrogen) atoms. The Bertz CT molecular complexity index is 611. The monoisotopic (exact) mass is 353 g/mol. The van der Waals surface area contributed by atoms with Crippen molar-refractivity contribution in [3.8, 4) is 11.6 Å².